The summed E-state index contributed by atoms with van der Waals surface area (Å²) in [6, 6.07) is 13.6. The van der Waals surface area contributed by atoms with Gasteiger partial charge >= 0.3 is 5.97 Å². The van der Waals surface area contributed by atoms with Gasteiger partial charge in [0.2, 0.25) is 0 Å². The fourth-order valence-electron chi connectivity index (χ4n) is 3.79. The number of para-hydroxylation sites is 1. The Balaban J connectivity index is 1.45. The van der Waals surface area contributed by atoms with Crippen LogP contribution in [0.2, 0.25) is 0 Å². The number of hydrogen-bond donors (Lipinski definition) is 1. The van der Waals surface area contributed by atoms with Gasteiger partial charge in [-0.2, -0.15) is 5.10 Å². The van der Waals surface area contributed by atoms with E-state index < -0.39 is 23.4 Å². The van der Waals surface area contributed by atoms with E-state index in [4.69, 9.17) is 9.47 Å². The molecule has 170 valence electrons. The second kappa shape index (κ2) is 9.51. The Labute approximate surface area is 189 Å². The lowest BCUT2D eigenvalue weighted by atomic mass is 10.2. The summed E-state index contributed by atoms with van der Waals surface area (Å²) >= 11 is 0. The minimum absolute atomic E-state index is 0.0150. The van der Waals surface area contributed by atoms with Gasteiger partial charge in [-0.05, 0) is 50.5 Å². The number of carbonyl (C=O) groups is 2. The number of nitrogens with one attached hydrogen (secondary N) is 1. The molecule has 1 amide bonds. The van der Waals surface area contributed by atoms with Crippen LogP contribution < -0.4 is 10.1 Å². The molecule has 33 heavy (non-hydrogen) atoms. The van der Waals surface area contributed by atoms with Crippen molar-refractivity contribution in [2.24, 2.45) is 0 Å². The number of esters is 1. The number of fused-ring (bicyclic) bond motifs is 1. The van der Waals surface area contributed by atoms with Crippen LogP contribution in [0.3, 0.4) is 0 Å². The Kier molecular flexibility index (Phi) is 6.34. The zero-order valence-electron chi connectivity index (χ0n) is 17.9. The average molecular weight is 450 g/mol. The smallest absolute Gasteiger partial charge is 0.359 e. The fraction of sp³-hybridized carbons (Fsp3) is 0.261. The summed E-state index contributed by atoms with van der Waals surface area (Å²) < 4.78 is 12.2. The van der Waals surface area contributed by atoms with Crippen molar-refractivity contribution in [1.29, 1.82) is 0 Å². The maximum atomic E-state index is 12.7. The molecule has 0 saturated heterocycles. The lowest BCUT2D eigenvalue weighted by Crippen LogP contribution is -2.22. The van der Waals surface area contributed by atoms with Crippen molar-refractivity contribution < 1.29 is 24.0 Å². The Hall–Kier alpha value is -4.21. The average Bonchev–Trinajstić information content (AvgIpc) is 3.42. The molecule has 0 aliphatic heterocycles. The molecule has 0 atom stereocenters. The van der Waals surface area contributed by atoms with Crippen LogP contribution in [-0.2, 0) is 22.4 Å². The van der Waals surface area contributed by atoms with E-state index in [-0.39, 0.29) is 17.1 Å². The molecule has 3 aromatic rings. The van der Waals surface area contributed by atoms with Crippen molar-refractivity contribution in [1.82, 2.24) is 9.78 Å². The van der Waals surface area contributed by atoms with E-state index in [2.05, 4.69) is 10.4 Å². The molecule has 4 rings (SSSR count). The highest BCUT2D eigenvalue weighted by atomic mass is 16.6. The van der Waals surface area contributed by atoms with Gasteiger partial charge in [0.25, 0.3) is 11.6 Å². The van der Waals surface area contributed by atoms with Crippen LogP contribution in [0.25, 0.3) is 5.69 Å². The molecule has 10 heteroatoms. The molecule has 10 nitrogen and oxygen atoms in total. The van der Waals surface area contributed by atoms with E-state index in [1.165, 1.54) is 18.2 Å². The fourth-order valence-corrected chi connectivity index (χ4v) is 3.79. The summed E-state index contributed by atoms with van der Waals surface area (Å²) in [6.45, 7) is 1.51. The van der Waals surface area contributed by atoms with Crippen molar-refractivity contribution >= 4 is 23.3 Å². The van der Waals surface area contributed by atoms with Crippen molar-refractivity contribution in [3.63, 3.8) is 0 Å². The Bertz CT molecular complexity index is 1210. The summed E-state index contributed by atoms with van der Waals surface area (Å²) in [5, 5.41) is 18.2. The number of rotatable bonds is 8. The number of anilines is 1. The van der Waals surface area contributed by atoms with E-state index in [1.54, 1.807) is 11.6 Å². The molecule has 0 bridgehead atoms. The van der Waals surface area contributed by atoms with Crippen molar-refractivity contribution in [2.45, 2.75) is 26.2 Å². The van der Waals surface area contributed by atoms with Crippen molar-refractivity contribution in [3.05, 3.63) is 75.6 Å². The molecular formula is C23H22N4O6. The lowest BCUT2D eigenvalue weighted by molar-refractivity contribution is -0.384. The van der Waals surface area contributed by atoms with Crippen molar-refractivity contribution in [2.75, 3.05) is 18.5 Å². The number of aromatic nitrogens is 2. The Morgan fingerprint density at radius 2 is 1.97 bits per heavy atom. The molecule has 0 unspecified atom stereocenters. The second-order valence-corrected chi connectivity index (χ2v) is 7.37. The van der Waals surface area contributed by atoms with Gasteiger partial charge in [0.1, 0.15) is 11.4 Å². The maximum Gasteiger partial charge on any atom is 0.359 e. The van der Waals surface area contributed by atoms with Crippen LogP contribution >= 0.6 is 0 Å². The zero-order valence-corrected chi connectivity index (χ0v) is 17.9. The minimum atomic E-state index is -0.709. The molecule has 1 aliphatic carbocycles. The van der Waals surface area contributed by atoms with E-state index in [0.717, 1.165) is 29.8 Å². The monoisotopic (exact) mass is 450 g/mol. The predicted molar refractivity (Wildman–Crippen MR) is 119 cm³/mol. The van der Waals surface area contributed by atoms with Gasteiger partial charge in [-0.25, -0.2) is 9.48 Å². The molecule has 2 aromatic carbocycles. The summed E-state index contributed by atoms with van der Waals surface area (Å²) in [4.78, 5) is 35.7. The molecule has 1 N–H and O–H groups in total. The van der Waals surface area contributed by atoms with Crippen LogP contribution in [0.5, 0.6) is 5.75 Å². The summed E-state index contributed by atoms with van der Waals surface area (Å²) in [6.07, 6.45) is 2.41. The molecule has 1 aliphatic rings. The van der Waals surface area contributed by atoms with Crippen molar-refractivity contribution in [3.8, 4) is 11.4 Å². The first-order chi connectivity index (χ1) is 16.0. The summed E-state index contributed by atoms with van der Waals surface area (Å²) in [5.74, 6) is -1.09. The van der Waals surface area contributed by atoms with E-state index in [9.17, 15) is 19.7 Å². The van der Waals surface area contributed by atoms with Gasteiger partial charge < -0.3 is 14.8 Å². The number of hydrogen-bond acceptors (Lipinski definition) is 7. The predicted octanol–water partition coefficient (Wildman–Crippen LogP) is 3.46. The molecule has 0 saturated carbocycles. The van der Waals surface area contributed by atoms with Crippen LogP contribution in [0, 0.1) is 10.1 Å². The quantitative estimate of drug-likeness (QED) is 0.316. The molecule has 0 fully saturated rings. The van der Waals surface area contributed by atoms with Crippen LogP contribution in [0.15, 0.2) is 48.5 Å². The van der Waals surface area contributed by atoms with Gasteiger partial charge in [0.15, 0.2) is 12.3 Å². The molecule has 1 heterocycles. The lowest BCUT2D eigenvalue weighted by Gasteiger charge is -2.09. The first kappa shape index (κ1) is 22.0. The minimum Gasteiger partial charge on any atom is -0.494 e. The standard InChI is InChI=1S/C23H22N4O6/c1-2-32-16-11-12-18(20(13-16)27(30)31)24-21(28)14-33-23(29)22-17-9-6-10-19(17)26(25-22)15-7-4-3-5-8-15/h3-5,7-8,11-13H,2,6,9-10,14H2,1H3,(H,24,28). The molecular weight excluding hydrogens is 428 g/mol. The van der Waals surface area contributed by atoms with Crippen LogP contribution in [-0.4, -0.2) is 39.8 Å². The zero-order chi connectivity index (χ0) is 23.4. The number of nitrogens with zero attached hydrogens (tertiary/aromatic N) is 3. The Morgan fingerprint density at radius 3 is 2.70 bits per heavy atom. The highest BCUT2D eigenvalue weighted by molar-refractivity contribution is 5.97. The number of nitro benzene ring substituents is 1. The third-order valence-corrected chi connectivity index (χ3v) is 5.21. The van der Waals surface area contributed by atoms with Gasteiger partial charge in [-0.15, -0.1) is 0 Å². The Morgan fingerprint density at radius 1 is 1.18 bits per heavy atom. The highest BCUT2D eigenvalue weighted by Crippen LogP contribution is 2.30. The molecule has 0 radical (unpaired) electrons. The first-order valence-electron chi connectivity index (χ1n) is 10.5. The van der Waals surface area contributed by atoms with Gasteiger partial charge in [-0.3, -0.25) is 14.9 Å². The summed E-state index contributed by atoms with van der Waals surface area (Å²) in [7, 11) is 0. The maximum absolute atomic E-state index is 12.7. The molecule has 0 spiro atoms. The van der Waals surface area contributed by atoms with Crippen LogP contribution in [0.1, 0.15) is 35.1 Å². The van der Waals surface area contributed by atoms with Gasteiger partial charge in [-0.1, -0.05) is 18.2 Å². The normalized spacial score (nSPS) is 12.2. The van der Waals surface area contributed by atoms with Gasteiger partial charge in [0.05, 0.1) is 23.3 Å². The first-order valence-corrected chi connectivity index (χ1v) is 10.5. The van der Waals surface area contributed by atoms with E-state index in [0.29, 0.717) is 18.8 Å². The number of ether oxygens (including phenoxy) is 2. The second-order valence-electron chi connectivity index (χ2n) is 7.37. The van der Waals surface area contributed by atoms with E-state index in [1.807, 2.05) is 30.3 Å². The number of carbonyl (C=O) groups excluding carboxylic acids is 2. The third kappa shape index (κ3) is 4.69. The number of amides is 1. The third-order valence-electron chi connectivity index (χ3n) is 5.21. The number of nitro groups is 1. The number of benzene rings is 2. The molecule has 1 aromatic heterocycles. The van der Waals surface area contributed by atoms with E-state index >= 15 is 0 Å². The summed E-state index contributed by atoms with van der Waals surface area (Å²) in [5.41, 5.74) is 2.48. The largest absolute Gasteiger partial charge is 0.494 e. The topological polar surface area (TPSA) is 126 Å². The van der Waals surface area contributed by atoms with Crippen LogP contribution in [0.4, 0.5) is 11.4 Å². The highest BCUT2D eigenvalue weighted by Gasteiger charge is 2.28. The van der Waals surface area contributed by atoms with Gasteiger partial charge in [0, 0.05) is 11.3 Å². The SMILES string of the molecule is CCOc1ccc(NC(=O)COC(=O)c2nn(-c3ccccc3)c3c2CCC3)c([N+](=O)[O-])c1.